The minimum Gasteiger partial charge on any atom is -0.371 e. The standard InChI is InChI=1S/C22H36N4O2/c1-17(2)16-21(27)24-18-10-14-26(15-11-18)20-9-6-5-8-19(20)22(28)23-12-7-13-25(3)4/h5-6,8-9,17-18H,7,10-16H2,1-4H3,(H,23,28)(H,24,27). The summed E-state index contributed by atoms with van der Waals surface area (Å²) in [5, 5.41) is 6.19. The minimum absolute atomic E-state index is 0.0123. The molecule has 1 fully saturated rings. The number of para-hydroxylation sites is 1. The molecule has 0 unspecified atom stereocenters. The Labute approximate surface area is 169 Å². The van der Waals surface area contributed by atoms with E-state index in [4.69, 9.17) is 0 Å². The average Bonchev–Trinajstić information content (AvgIpc) is 2.65. The van der Waals surface area contributed by atoms with Gasteiger partial charge in [-0.25, -0.2) is 0 Å². The highest BCUT2D eigenvalue weighted by Gasteiger charge is 2.23. The van der Waals surface area contributed by atoms with Crippen LogP contribution in [0.15, 0.2) is 24.3 Å². The number of rotatable bonds is 9. The first kappa shape index (κ1) is 22.2. The molecule has 1 aromatic carbocycles. The van der Waals surface area contributed by atoms with Gasteiger partial charge in [0.25, 0.3) is 5.91 Å². The Morgan fingerprint density at radius 1 is 1.18 bits per heavy atom. The highest BCUT2D eigenvalue weighted by molar-refractivity contribution is 5.99. The molecule has 28 heavy (non-hydrogen) atoms. The third-order valence-electron chi connectivity index (χ3n) is 5.01. The summed E-state index contributed by atoms with van der Waals surface area (Å²) in [6, 6.07) is 8.04. The molecule has 0 aliphatic carbocycles. The van der Waals surface area contributed by atoms with Crippen molar-refractivity contribution in [1.82, 2.24) is 15.5 Å². The monoisotopic (exact) mass is 388 g/mol. The fraction of sp³-hybridized carbons (Fsp3) is 0.636. The number of anilines is 1. The lowest BCUT2D eigenvalue weighted by atomic mass is 10.0. The Kier molecular flexibility index (Phi) is 8.77. The molecule has 1 saturated heterocycles. The number of piperidine rings is 1. The summed E-state index contributed by atoms with van der Waals surface area (Å²) < 4.78 is 0. The lowest BCUT2D eigenvalue weighted by Crippen LogP contribution is -2.45. The van der Waals surface area contributed by atoms with Crippen molar-refractivity contribution in [2.24, 2.45) is 5.92 Å². The maximum absolute atomic E-state index is 12.7. The van der Waals surface area contributed by atoms with E-state index in [0.29, 0.717) is 18.9 Å². The van der Waals surface area contributed by atoms with Gasteiger partial charge < -0.3 is 20.4 Å². The van der Waals surface area contributed by atoms with E-state index in [1.807, 2.05) is 38.4 Å². The van der Waals surface area contributed by atoms with Crippen LogP contribution in [-0.4, -0.2) is 63.0 Å². The molecule has 0 spiro atoms. The van der Waals surface area contributed by atoms with E-state index in [-0.39, 0.29) is 17.9 Å². The van der Waals surface area contributed by atoms with E-state index >= 15 is 0 Å². The van der Waals surface area contributed by atoms with E-state index in [1.165, 1.54) is 0 Å². The molecule has 2 N–H and O–H groups in total. The van der Waals surface area contributed by atoms with Gasteiger partial charge >= 0.3 is 0 Å². The summed E-state index contributed by atoms with van der Waals surface area (Å²) in [4.78, 5) is 29.0. The molecule has 0 radical (unpaired) electrons. The highest BCUT2D eigenvalue weighted by Crippen LogP contribution is 2.24. The van der Waals surface area contributed by atoms with Crippen LogP contribution in [0.1, 0.15) is 49.9 Å². The lowest BCUT2D eigenvalue weighted by Gasteiger charge is -2.35. The zero-order valence-electron chi connectivity index (χ0n) is 17.8. The fourth-order valence-corrected chi connectivity index (χ4v) is 3.56. The van der Waals surface area contributed by atoms with Crippen molar-refractivity contribution in [3.05, 3.63) is 29.8 Å². The number of amides is 2. The van der Waals surface area contributed by atoms with Gasteiger partial charge in [0.05, 0.1) is 5.56 Å². The van der Waals surface area contributed by atoms with Crippen molar-refractivity contribution in [2.45, 2.75) is 45.6 Å². The summed E-state index contributed by atoms with van der Waals surface area (Å²) in [6.07, 6.45) is 3.32. The van der Waals surface area contributed by atoms with E-state index < -0.39 is 0 Å². The van der Waals surface area contributed by atoms with Crippen molar-refractivity contribution in [3.63, 3.8) is 0 Å². The van der Waals surface area contributed by atoms with E-state index in [0.717, 1.165) is 50.1 Å². The fourth-order valence-electron chi connectivity index (χ4n) is 3.56. The van der Waals surface area contributed by atoms with E-state index in [1.54, 1.807) is 0 Å². The van der Waals surface area contributed by atoms with Crippen molar-refractivity contribution < 1.29 is 9.59 Å². The molecular formula is C22H36N4O2. The van der Waals surface area contributed by atoms with Gasteiger partial charge in [-0.1, -0.05) is 26.0 Å². The van der Waals surface area contributed by atoms with Gasteiger partial charge in [-0.05, 0) is 58.0 Å². The van der Waals surface area contributed by atoms with Crippen molar-refractivity contribution in [2.75, 3.05) is 45.2 Å². The number of carbonyl (C=O) groups is 2. The smallest absolute Gasteiger partial charge is 0.253 e. The SMILES string of the molecule is CC(C)CC(=O)NC1CCN(c2ccccc2C(=O)NCCCN(C)C)CC1. The Balaban J connectivity index is 1.89. The van der Waals surface area contributed by atoms with Crippen LogP contribution < -0.4 is 15.5 Å². The average molecular weight is 389 g/mol. The molecule has 1 aliphatic rings. The van der Waals surface area contributed by atoms with Gasteiger partial charge in [-0.15, -0.1) is 0 Å². The van der Waals surface area contributed by atoms with Crippen LogP contribution in [0.2, 0.25) is 0 Å². The molecule has 2 rings (SSSR count). The predicted molar refractivity (Wildman–Crippen MR) is 115 cm³/mol. The summed E-state index contributed by atoms with van der Waals surface area (Å²) in [5.74, 6) is 0.510. The summed E-state index contributed by atoms with van der Waals surface area (Å²) in [6.45, 7) is 7.44. The van der Waals surface area contributed by atoms with Crippen LogP contribution in [0.25, 0.3) is 0 Å². The number of hydrogen-bond donors (Lipinski definition) is 2. The number of benzene rings is 1. The van der Waals surface area contributed by atoms with Gasteiger partial charge in [0.15, 0.2) is 0 Å². The number of carbonyl (C=O) groups excluding carboxylic acids is 2. The quantitative estimate of drug-likeness (QED) is 0.638. The largest absolute Gasteiger partial charge is 0.371 e. The van der Waals surface area contributed by atoms with E-state index in [9.17, 15) is 9.59 Å². The lowest BCUT2D eigenvalue weighted by molar-refractivity contribution is -0.122. The number of nitrogens with one attached hydrogen (secondary N) is 2. The number of nitrogens with zero attached hydrogens (tertiary/aromatic N) is 2. The number of hydrogen-bond acceptors (Lipinski definition) is 4. The first-order chi connectivity index (χ1) is 13.4. The second kappa shape index (κ2) is 11.1. The third kappa shape index (κ3) is 7.15. The predicted octanol–water partition coefficient (Wildman–Crippen LogP) is 2.50. The van der Waals surface area contributed by atoms with Gasteiger partial charge in [0.2, 0.25) is 5.91 Å². The molecule has 6 heteroatoms. The minimum atomic E-state index is -0.0123. The Bertz CT molecular complexity index is 637. The Morgan fingerprint density at radius 2 is 1.86 bits per heavy atom. The molecule has 1 heterocycles. The van der Waals surface area contributed by atoms with Gasteiger partial charge in [0, 0.05) is 37.8 Å². The van der Waals surface area contributed by atoms with E-state index in [2.05, 4.69) is 34.3 Å². The molecule has 0 atom stereocenters. The topological polar surface area (TPSA) is 64.7 Å². The zero-order valence-corrected chi connectivity index (χ0v) is 17.8. The van der Waals surface area contributed by atoms with Crippen molar-refractivity contribution >= 4 is 17.5 Å². The van der Waals surface area contributed by atoms with Crippen molar-refractivity contribution in [3.8, 4) is 0 Å². The first-order valence-electron chi connectivity index (χ1n) is 10.4. The summed E-state index contributed by atoms with van der Waals surface area (Å²) in [5.41, 5.74) is 1.72. The van der Waals surface area contributed by atoms with Crippen LogP contribution in [0.3, 0.4) is 0 Å². The molecule has 1 aliphatic heterocycles. The van der Waals surface area contributed by atoms with Crippen LogP contribution in [-0.2, 0) is 4.79 Å². The molecule has 0 saturated carbocycles. The molecule has 2 amide bonds. The van der Waals surface area contributed by atoms with Crippen LogP contribution >= 0.6 is 0 Å². The van der Waals surface area contributed by atoms with Crippen LogP contribution in [0.4, 0.5) is 5.69 Å². The highest BCUT2D eigenvalue weighted by atomic mass is 16.2. The molecular weight excluding hydrogens is 352 g/mol. The summed E-state index contributed by atoms with van der Waals surface area (Å²) in [7, 11) is 4.07. The normalized spacial score (nSPS) is 15.1. The third-order valence-corrected chi connectivity index (χ3v) is 5.01. The van der Waals surface area contributed by atoms with Crippen LogP contribution in [0.5, 0.6) is 0 Å². The van der Waals surface area contributed by atoms with Gasteiger partial charge in [-0.3, -0.25) is 9.59 Å². The van der Waals surface area contributed by atoms with Gasteiger partial charge in [0.1, 0.15) is 0 Å². The molecule has 6 nitrogen and oxygen atoms in total. The second-order valence-corrected chi connectivity index (χ2v) is 8.36. The van der Waals surface area contributed by atoms with Gasteiger partial charge in [-0.2, -0.15) is 0 Å². The zero-order chi connectivity index (χ0) is 20.5. The molecule has 1 aromatic rings. The molecule has 156 valence electrons. The molecule has 0 bridgehead atoms. The van der Waals surface area contributed by atoms with Crippen LogP contribution in [0, 0.1) is 5.92 Å². The maximum atomic E-state index is 12.7. The Hall–Kier alpha value is -2.08. The second-order valence-electron chi connectivity index (χ2n) is 8.36. The maximum Gasteiger partial charge on any atom is 0.253 e. The first-order valence-corrected chi connectivity index (χ1v) is 10.4. The van der Waals surface area contributed by atoms with Crippen molar-refractivity contribution in [1.29, 1.82) is 0 Å². The summed E-state index contributed by atoms with van der Waals surface area (Å²) >= 11 is 0. The molecule has 0 aromatic heterocycles. The Morgan fingerprint density at radius 3 is 2.50 bits per heavy atom.